The van der Waals surface area contributed by atoms with Gasteiger partial charge in [0, 0.05) is 23.1 Å². The molecule has 6 rings (SSSR count). The Kier molecular flexibility index (Phi) is 6.33. The van der Waals surface area contributed by atoms with Crippen LogP contribution in [0.2, 0.25) is 0 Å². The van der Waals surface area contributed by atoms with E-state index in [1.54, 1.807) is 0 Å². The third kappa shape index (κ3) is 5.00. The Hall–Kier alpha value is -4.89. The quantitative estimate of drug-likeness (QED) is 0.232. The van der Waals surface area contributed by atoms with Gasteiger partial charge in [0.1, 0.15) is 5.52 Å². The summed E-state index contributed by atoms with van der Waals surface area (Å²) in [7, 11) is 0. The summed E-state index contributed by atoms with van der Waals surface area (Å²) in [5, 5.41) is 0. The number of hydrogen-bond donors (Lipinski definition) is 0. The topological polar surface area (TPSA) is 29.3 Å². The maximum atomic E-state index is 5.98. The molecule has 0 bridgehead atoms. The summed E-state index contributed by atoms with van der Waals surface area (Å²) in [6.45, 7) is 4.21. The number of anilines is 3. The van der Waals surface area contributed by atoms with E-state index in [0.717, 1.165) is 39.3 Å². The van der Waals surface area contributed by atoms with Crippen molar-refractivity contribution in [2.75, 3.05) is 4.90 Å². The van der Waals surface area contributed by atoms with E-state index in [9.17, 15) is 0 Å². The minimum atomic E-state index is 0.593. The first-order chi connectivity index (χ1) is 18.6. The van der Waals surface area contributed by atoms with Crippen molar-refractivity contribution in [3.8, 4) is 11.1 Å². The number of fused-ring (bicyclic) bond motifs is 1. The van der Waals surface area contributed by atoms with Gasteiger partial charge in [0.15, 0.2) is 5.58 Å². The van der Waals surface area contributed by atoms with Crippen LogP contribution in [0.25, 0.3) is 34.4 Å². The van der Waals surface area contributed by atoms with Crippen LogP contribution in [0.15, 0.2) is 126 Å². The van der Waals surface area contributed by atoms with Crippen molar-refractivity contribution in [1.82, 2.24) is 4.98 Å². The summed E-state index contributed by atoms with van der Waals surface area (Å²) in [5.74, 6) is 0.593. The molecule has 38 heavy (non-hydrogen) atoms. The summed E-state index contributed by atoms with van der Waals surface area (Å²) in [6, 6.07) is 42.3. The fourth-order valence-corrected chi connectivity index (χ4v) is 4.56. The van der Waals surface area contributed by atoms with Crippen molar-refractivity contribution in [2.24, 2.45) is 0 Å². The number of para-hydroxylation sites is 1. The van der Waals surface area contributed by atoms with Crippen LogP contribution in [-0.4, -0.2) is 4.98 Å². The van der Waals surface area contributed by atoms with Gasteiger partial charge >= 0.3 is 0 Å². The van der Waals surface area contributed by atoms with Gasteiger partial charge in [-0.2, -0.15) is 0 Å². The Morgan fingerprint density at radius 1 is 0.579 bits per heavy atom. The van der Waals surface area contributed by atoms with Crippen LogP contribution in [0.4, 0.5) is 17.1 Å². The molecule has 0 spiro atoms. The molecule has 0 aliphatic carbocycles. The highest BCUT2D eigenvalue weighted by molar-refractivity contribution is 5.82. The monoisotopic (exact) mass is 492 g/mol. The second kappa shape index (κ2) is 10.2. The molecule has 0 atom stereocenters. The molecule has 0 amide bonds. The van der Waals surface area contributed by atoms with Crippen molar-refractivity contribution in [3.05, 3.63) is 144 Å². The van der Waals surface area contributed by atoms with E-state index >= 15 is 0 Å². The van der Waals surface area contributed by atoms with Gasteiger partial charge in [0.25, 0.3) is 0 Å². The molecule has 6 aromatic rings. The van der Waals surface area contributed by atoms with Crippen molar-refractivity contribution in [3.63, 3.8) is 0 Å². The fourth-order valence-electron chi connectivity index (χ4n) is 4.56. The van der Waals surface area contributed by atoms with E-state index < -0.39 is 0 Å². The zero-order chi connectivity index (χ0) is 25.9. The summed E-state index contributed by atoms with van der Waals surface area (Å²) >= 11 is 0. The second-order valence-corrected chi connectivity index (χ2v) is 9.53. The van der Waals surface area contributed by atoms with Crippen molar-refractivity contribution < 1.29 is 4.42 Å². The number of benzene rings is 5. The molecule has 0 saturated heterocycles. The third-order valence-electron chi connectivity index (χ3n) is 6.67. The van der Waals surface area contributed by atoms with Crippen LogP contribution in [0.1, 0.15) is 22.6 Å². The lowest BCUT2D eigenvalue weighted by Crippen LogP contribution is -2.09. The Morgan fingerprint density at radius 2 is 1.16 bits per heavy atom. The summed E-state index contributed by atoms with van der Waals surface area (Å²) in [5.41, 5.74) is 10.9. The molecule has 0 fully saturated rings. The van der Waals surface area contributed by atoms with E-state index in [1.807, 2.05) is 24.3 Å². The molecule has 3 nitrogen and oxygen atoms in total. The average Bonchev–Trinajstić information content (AvgIpc) is 3.37. The maximum absolute atomic E-state index is 5.98. The lowest BCUT2D eigenvalue weighted by molar-refractivity contribution is 0.590. The molecule has 0 aliphatic rings. The van der Waals surface area contributed by atoms with Crippen LogP contribution in [0.3, 0.4) is 0 Å². The summed E-state index contributed by atoms with van der Waals surface area (Å²) in [6.07, 6.45) is 3.96. The van der Waals surface area contributed by atoms with E-state index in [0.29, 0.717) is 5.89 Å². The maximum Gasteiger partial charge on any atom is 0.220 e. The van der Waals surface area contributed by atoms with E-state index in [1.165, 1.54) is 16.7 Å². The molecule has 0 radical (unpaired) electrons. The molecule has 0 unspecified atom stereocenters. The highest BCUT2D eigenvalue weighted by atomic mass is 16.3. The van der Waals surface area contributed by atoms with Crippen LogP contribution in [0, 0.1) is 13.8 Å². The highest BCUT2D eigenvalue weighted by Gasteiger charge is 2.12. The molecule has 0 aliphatic heterocycles. The summed E-state index contributed by atoms with van der Waals surface area (Å²) in [4.78, 5) is 6.97. The first-order valence-electron chi connectivity index (χ1n) is 12.8. The molecule has 0 saturated carbocycles. The van der Waals surface area contributed by atoms with Gasteiger partial charge in [-0.15, -0.1) is 0 Å². The molecule has 3 heteroatoms. The van der Waals surface area contributed by atoms with Gasteiger partial charge in [-0.05, 0) is 85.1 Å². The Bertz CT molecular complexity index is 1700. The van der Waals surface area contributed by atoms with Gasteiger partial charge in [-0.3, -0.25) is 0 Å². The molecular formula is C35H28N2O. The van der Waals surface area contributed by atoms with Gasteiger partial charge in [-0.25, -0.2) is 4.98 Å². The number of rotatable bonds is 6. The van der Waals surface area contributed by atoms with Crippen molar-refractivity contribution in [1.29, 1.82) is 0 Å². The molecular weight excluding hydrogens is 464 g/mol. The number of oxazole rings is 1. The van der Waals surface area contributed by atoms with Crippen LogP contribution >= 0.6 is 0 Å². The van der Waals surface area contributed by atoms with E-state index in [2.05, 4.69) is 128 Å². The average molecular weight is 493 g/mol. The van der Waals surface area contributed by atoms with Crippen LogP contribution < -0.4 is 4.90 Å². The largest absolute Gasteiger partial charge is 0.437 e. The van der Waals surface area contributed by atoms with Crippen molar-refractivity contribution in [2.45, 2.75) is 13.8 Å². The Morgan fingerprint density at radius 3 is 1.84 bits per heavy atom. The second-order valence-electron chi connectivity index (χ2n) is 9.53. The minimum Gasteiger partial charge on any atom is -0.437 e. The lowest BCUT2D eigenvalue weighted by Gasteiger charge is -2.25. The van der Waals surface area contributed by atoms with E-state index in [-0.39, 0.29) is 0 Å². The number of aryl methyl sites for hydroxylation is 2. The van der Waals surface area contributed by atoms with Gasteiger partial charge < -0.3 is 9.32 Å². The van der Waals surface area contributed by atoms with Crippen LogP contribution in [0.5, 0.6) is 0 Å². The standard InChI is InChI=1S/C35H28N2O/c1-25-8-15-28(16-9-25)29-17-22-34-33(24-29)36-35(38-34)23-14-27-12-20-32(21-13-27)37(30-6-4-3-5-7-30)31-18-10-26(2)11-19-31/h3-24H,1-2H3. The number of aromatic nitrogens is 1. The molecule has 1 aromatic heterocycles. The first kappa shape index (κ1) is 23.5. The fraction of sp³-hybridized carbons (Fsp3) is 0.0571. The highest BCUT2D eigenvalue weighted by Crippen LogP contribution is 2.34. The van der Waals surface area contributed by atoms with Crippen LogP contribution in [-0.2, 0) is 0 Å². The van der Waals surface area contributed by atoms with Gasteiger partial charge in [0.2, 0.25) is 5.89 Å². The zero-order valence-corrected chi connectivity index (χ0v) is 21.5. The predicted octanol–water partition coefficient (Wildman–Crippen LogP) is 9.75. The Labute approximate surface area is 223 Å². The third-order valence-corrected chi connectivity index (χ3v) is 6.67. The predicted molar refractivity (Wildman–Crippen MR) is 159 cm³/mol. The zero-order valence-electron chi connectivity index (χ0n) is 21.5. The van der Waals surface area contributed by atoms with Gasteiger partial charge in [-0.1, -0.05) is 83.9 Å². The van der Waals surface area contributed by atoms with E-state index in [4.69, 9.17) is 9.40 Å². The number of hydrogen-bond acceptors (Lipinski definition) is 3. The molecule has 0 N–H and O–H groups in total. The Balaban J connectivity index is 1.24. The van der Waals surface area contributed by atoms with Crippen molar-refractivity contribution >= 4 is 40.3 Å². The molecule has 1 heterocycles. The smallest absolute Gasteiger partial charge is 0.220 e. The SMILES string of the molecule is Cc1ccc(-c2ccc3oc(C=Cc4ccc(N(c5ccccc5)c5ccc(C)cc5)cc4)nc3c2)cc1. The lowest BCUT2D eigenvalue weighted by atomic mass is 10.0. The minimum absolute atomic E-state index is 0.593. The van der Waals surface area contributed by atoms with Gasteiger partial charge in [0.05, 0.1) is 0 Å². The summed E-state index contributed by atoms with van der Waals surface area (Å²) < 4.78 is 5.98. The first-order valence-corrected chi connectivity index (χ1v) is 12.8. The molecule has 184 valence electrons. The normalized spacial score (nSPS) is 11.3. The molecule has 5 aromatic carbocycles. The number of nitrogens with zero attached hydrogens (tertiary/aromatic N) is 2.